The Morgan fingerprint density at radius 2 is 1.85 bits per heavy atom. The molecule has 0 amide bonds. The second kappa shape index (κ2) is 3.95. The van der Waals surface area contributed by atoms with Crippen molar-refractivity contribution in [2.75, 3.05) is 26.3 Å². The quantitative estimate of drug-likeness (QED) is 0.670. The molecule has 1 aliphatic heterocycles. The maximum Gasteiger partial charge on any atom is 0.0903 e. The van der Waals surface area contributed by atoms with Gasteiger partial charge in [0.1, 0.15) is 0 Å². The maximum atomic E-state index is 5.67. The molecule has 1 rings (SSSR count). The molecule has 3 nitrogen and oxygen atoms in total. The van der Waals surface area contributed by atoms with Gasteiger partial charge in [0.05, 0.1) is 24.4 Å². The molecule has 0 saturated carbocycles. The highest BCUT2D eigenvalue weighted by molar-refractivity contribution is 4.89. The van der Waals surface area contributed by atoms with Crippen molar-refractivity contribution in [1.29, 1.82) is 0 Å². The van der Waals surface area contributed by atoms with E-state index in [1.165, 1.54) is 0 Å². The lowest BCUT2D eigenvalue weighted by Gasteiger charge is -2.39. The number of rotatable bonds is 4. The third-order valence-corrected chi connectivity index (χ3v) is 2.07. The van der Waals surface area contributed by atoms with Crippen LogP contribution < -0.4 is 5.32 Å². The molecule has 3 heteroatoms. The van der Waals surface area contributed by atoms with Crippen molar-refractivity contribution in [2.45, 2.75) is 38.9 Å². The molecule has 1 heterocycles. The van der Waals surface area contributed by atoms with Crippen molar-refractivity contribution in [2.24, 2.45) is 0 Å². The van der Waals surface area contributed by atoms with Gasteiger partial charge in [0, 0.05) is 13.1 Å². The molecular weight excluding hydrogens is 166 g/mol. The third-order valence-electron chi connectivity index (χ3n) is 2.07. The Kier molecular flexibility index (Phi) is 3.33. The third kappa shape index (κ3) is 4.07. The fourth-order valence-corrected chi connectivity index (χ4v) is 1.22. The van der Waals surface area contributed by atoms with Crippen LogP contribution in [-0.2, 0) is 9.47 Å². The van der Waals surface area contributed by atoms with E-state index in [2.05, 4.69) is 33.0 Å². The largest absolute Gasteiger partial charge is 0.373 e. The second-order valence-electron chi connectivity index (χ2n) is 4.86. The van der Waals surface area contributed by atoms with E-state index in [1.54, 1.807) is 0 Å². The monoisotopic (exact) mass is 187 g/mol. The van der Waals surface area contributed by atoms with Gasteiger partial charge in [-0.1, -0.05) is 0 Å². The summed E-state index contributed by atoms with van der Waals surface area (Å²) in [5.41, 5.74) is 0.00335. The van der Waals surface area contributed by atoms with Gasteiger partial charge in [-0.2, -0.15) is 0 Å². The maximum absolute atomic E-state index is 5.67. The standard InChI is InChI=1S/C10H21NO2/c1-9(2,3)12-5-6-13-10(4)7-11-8-10/h11H,5-8H2,1-4H3. The topological polar surface area (TPSA) is 30.5 Å². The minimum absolute atomic E-state index is 0.0534. The van der Waals surface area contributed by atoms with Crippen LogP contribution in [0.25, 0.3) is 0 Å². The zero-order valence-corrected chi connectivity index (χ0v) is 9.14. The minimum Gasteiger partial charge on any atom is -0.373 e. The molecule has 13 heavy (non-hydrogen) atoms. The molecule has 1 aliphatic rings. The van der Waals surface area contributed by atoms with E-state index < -0.39 is 0 Å². The first-order valence-electron chi connectivity index (χ1n) is 4.90. The molecule has 0 aromatic carbocycles. The van der Waals surface area contributed by atoms with Crippen LogP contribution >= 0.6 is 0 Å². The lowest BCUT2D eigenvalue weighted by molar-refractivity contribution is -0.104. The van der Waals surface area contributed by atoms with E-state index in [0.717, 1.165) is 13.1 Å². The summed E-state index contributed by atoms with van der Waals surface area (Å²) >= 11 is 0. The fraction of sp³-hybridized carbons (Fsp3) is 1.00. The minimum atomic E-state index is -0.0534. The van der Waals surface area contributed by atoms with Crippen LogP contribution in [0.3, 0.4) is 0 Å². The van der Waals surface area contributed by atoms with Crippen LogP contribution in [0.5, 0.6) is 0 Å². The van der Waals surface area contributed by atoms with E-state index in [1.807, 2.05) is 0 Å². The molecule has 0 radical (unpaired) electrons. The molecule has 78 valence electrons. The Balaban J connectivity index is 2.01. The van der Waals surface area contributed by atoms with Gasteiger partial charge in [-0.15, -0.1) is 0 Å². The van der Waals surface area contributed by atoms with Crippen molar-refractivity contribution in [3.63, 3.8) is 0 Å². The molecule has 0 aromatic rings. The molecule has 0 spiro atoms. The Labute approximate surface area is 80.8 Å². The molecule has 0 aromatic heterocycles. The van der Waals surface area contributed by atoms with Gasteiger partial charge in [-0.05, 0) is 27.7 Å². The molecular formula is C10H21NO2. The highest BCUT2D eigenvalue weighted by Gasteiger charge is 2.32. The van der Waals surface area contributed by atoms with Gasteiger partial charge < -0.3 is 14.8 Å². The summed E-state index contributed by atoms with van der Waals surface area (Å²) in [4.78, 5) is 0. The Morgan fingerprint density at radius 3 is 2.23 bits per heavy atom. The zero-order chi connectivity index (χ0) is 9.95. The SMILES string of the molecule is CC(C)(C)OCCOC1(C)CNC1. The molecule has 0 unspecified atom stereocenters. The number of ether oxygens (including phenoxy) is 2. The molecule has 1 fully saturated rings. The highest BCUT2D eigenvalue weighted by atomic mass is 16.5. The summed E-state index contributed by atoms with van der Waals surface area (Å²) < 4.78 is 11.2. The normalized spacial score (nSPS) is 21.2. The predicted octanol–water partition coefficient (Wildman–Crippen LogP) is 1.18. The molecule has 1 N–H and O–H groups in total. The summed E-state index contributed by atoms with van der Waals surface area (Å²) in [5, 5.41) is 3.19. The van der Waals surface area contributed by atoms with Crippen molar-refractivity contribution in [3.05, 3.63) is 0 Å². The molecule has 0 aliphatic carbocycles. The molecule has 0 bridgehead atoms. The Morgan fingerprint density at radius 1 is 1.23 bits per heavy atom. The van der Waals surface area contributed by atoms with E-state index in [-0.39, 0.29) is 11.2 Å². The van der Waals surface area contributed by atoms with E-state index in [4.69, 9.17) is 9.47 Å². The van der Waals surface area contributed by atoms with E-state index in [0.29, 0.717) is 13.2 Å². The Hall–Kier alpha value is -0.120. The molecule has 0 atom stereocenters. The first-order valence-corrected chi connectivity index (χ1v) is 4.90. The average Bonchev–Trinajstić information content (AvgIpc) is 1.93. The van der Waals surface area contributed by atoms with Gasteiger partial charge >= 0.3 is 0 Å². The zero-order valence-electron chi connectivity index (χ0n) is 9.14. The average molecular weight is 187 g/mol. The summed E-state index contributed by atoms with van der Waals surface area (Å²) in [5.74, 6) is 0. The van der Waals surface area contributed by atoms with Crippen molar-refractivity contribution < 1.29 is 9.47 Å². The van der Waals surface area contributed by atoms with Crippen LogP contribution in [0.4, 0.5) is 0 Å². The number of hydrogen-bond donors (Lipinski definition) is 1. The summed E-state index contributed by atoms with van der Waals surface area (Å²) in [7, 11) is 0. The van der Waals surface area contributed by atoms with Crippen LogP contribution in [0.2, 0.25) is 0 Å². The molecule has 1 saturated heterocycles. The van der Waals surface area contributed by atoms with E-state index >= 15 is 0 Å². The van der Waals surface area contributed by atoms with Crippen LogP contribution in [-0.4, -0.2) is 37.5 Å². The van der Waals surface area contributed by atoms with Gasteiger partial charge in [0.15, 0.2) is 0 Å². The van der Waals surface area contributed by atoms with Gasteiger partial charge in [0.2, 0.25) is 0 Å². The van der Waals surface area contributed by atoms with E-state index in [9.17, 15) is 0 Å². The number of hydrogen-bond acceptors (Lipinski definition) is 3. The Bertz CT molecular complexity index is 159. The summed E-state index contributed by atoms with van der Waals surface area (Å²) in [6.07, 6.45) is 0. The van der Waals surface area contributed by atoms with Crippen molar-refractivity contribution in [3.8, 4) is 0 Å². The predicted molar refractivity (Wildman–Crippen MR) is 52.9 cm³/mol. The summed E-state index contributed by atoms with van der Waals surface area (Å²) in [6, 6.07) is 0. The van der Waals surface area contributed by atoms with Gasteiger partial charge in [-0.3, -0.25) is 0 Å². The fourth-order valence-electron chi connectivity index (χ4n) is 1.22. The second-order valence-corrected chi connectivity index (χ2v) is 4.86. The number of nitrogens with one attached hydrogen (secondary N) is 1. The van der Waals surface area contributed by atoms with Crippen LogP contribution in [0.1, 0.15) is 27.7 Å². The lowest BCUT2D eigenvalue weighted by atomic mass is 10.0. The van der Waals surface area contributed by atoms with Gasteiger partial charge in [-0.25, -0.2) is 0 Å². The van der Waals surface area contributed by atoms with Crippen LogP contribution in [0, 0.1) is 0 Å². The van der Waals surface area contributed by atoms with Crippen molar-refractivity contribution >= 4 is 0 Å². The van der Waals surface area contributed by atoms with Gasteiger partial charge in [0.25, 0.3) is 0 Å². The summed E-state index contributed by atoms with van der Waals surface area (Å²) in [6.45, 7) is 11.6. The van der Waals surface area contributed by atoms with Crippen LogP contribution in [0.15, 0.2) is 0 Å². The smallest absolute Gasteiger partial charge is 0.0903 e. The highest BCUT2D eigenvalue weighted by Crippen LogP contribution is 2.15. The first-order chi connectivity index (χ1) is 5.91. The first kappa shape index (κ1) is 11.0. The van der Waals surface area contributed by atoms with Crippen molar-refractivity contribution in [1.82, 2.24) is 5.32 Å². The lowest BCUT2D eigenvalue weighted by Crippen LogP contribution is -2.59.